The van der Waals surface area contributed by atoms with Crippen LogP contribution in [0.3, 0.4) is 0 Å². The van der Waals surface area contributed by atoms with E-state index in [4.69, 9.17) is 5.26 Å². The number of sulfonamides is 1. The summed E-state index contributed by atoms with van der Waals surface area (Å²) in [5.41, 5.74) is 2.51. The van der Waals surface area contributed by atoms with Crippen molar-refractivity contribution in [3.05, 3.63) is 41.1 Å². The highest BCUT2D eigenvalue weighted by molar-refractivity contribution is 7.89. The molecule has 1 saturated heterocycles. The van der Waals surface area contributed by atoms with Gasteiger partial charge in [-0.05, 0) is 45.2 Å². The second kappa shape index (κ2) is 8.98. The molecule has 2 aromatic rings. The maximum absolute atomic E-state index is 13.0. The number of anilines is 1. The minimum absolute atomic E-state index is 0.142. The number of carbonyl (C=O) groups excluding carboxylic acids is 1. The van der Waals surface area contributed by atoms with Crippen molar-refractivity contribution in [3.8, 4) is 6.07 Å². The monoisotopic (exact) mass is 429 g/mol. The number of amides is 1. The zero-order valence-electron chi connectivity index (χ0n) is 17.6. The number of piperidine rings is 1. The van der Waals surface area contributed by atoms with Gasteiger partial charge in [0.15, 0.2) is 0 Å². The predicted molar refractivity (Wildman–Crippen MR) is 113 cm³/mol. The summed E-state index contributed by atoms with van der Waals surface area (Å²) in [6.07, 6.45) is 1.22. The van der Waals surface area contributed by atoms with Crippen LogP contribution in [0.4, 0.5) is 5.82 Å². The van der Waals surface area contributed by atoms with E-state index >= 15 is 0 Å². The molecule has 1 aromatic heterocycles. The Morgan fingerprint density at radius 3 is 2.57 bits per heavy atom. The lowest BCUT2D eigenvalue weighted by Crippen LogP contribution is -2.41. The average molecular weight is 430 g/mol. The van der Waals surface area contributed by atoms with Gasteiger partial charge < -0.3 is 5.32 Å². The second-order valence-corrected chi connectivity index (χ2v) is 9.65. The van der Waals surface area contributed by atoms with Gasteiger partial charge in [0.2, 0.25) is 15.9 Å². The van der Waals surface area contributed by atoms with E-state index in [9.17, 15) is 13.2 Å². The van der Waals surface area contributed by atoms with Crippen LogP contribution < -0.4 is 5.32 Å². The summed E-state index contributed by atoms with van der Waals surface area (Å²) >= 11 is 0. The minimum Gasteiger partial charge on any atom is -0.311 e. The van der Waals surface area contributed by atoms with Crippen LogP contribution in [-0.4, -0.2) is 41.5 Å². The molecule has 30 heavy (non-hydrogen) atoms. The van der Waals surface area contributed by atoms with Crippen molar-refractivity contribution >= 4 is 21.7 Å². The standard InChI is InChI=1S/C21H27N5O3S/c1-15-5-6-19(16(2)13-15)30(28,29)25-11-7-18(8-12-25)21(27)23-20-14-17(3)24-26(20)10-4-9-22/h5-6,13-14,18H,4,7-8,10-12H2,1-3H3,(H,23,27). The maximum atomic E-state index is 13.0. The lowest BCUT2D eigenvalue weighted by molar-refractivity contribution is -0.121. The Labute approximate surface area is 177 Å². The largest absolute Gasteiger partial charge is 0.311 e. The number of nitrogens with one attached hydrogen (secondary N) is 1. The molecule has 2 heterocycles. The summed E-state index contributed by atoms with van der Waals surface area (Å²) in [6.45, 7) is 6.58. The average Bonchev–Trinajstić information content (AvgIpc) is 3.05. The van der Waals surface area contributed by atoms with Gasteiger partial charge in [0, 0.05) is 25.1 Å². The van der Waals surface area contributed by atoms with E-state index in [1.165, 1.54) is 4.31 Å². The summed E-state index contributed by atoms with van der Waals surface area (Å²) in [5.74, 6) is 0.157. The van der Waals surface area contributed by atoms with Gasteiger partial charge in [-0.2, -0.15) is 14.7 Å². The van der Waals surface area contributed by atoms with E-state index < -0.39 is 10.0 Å². The summed E-state index contributed by atoms with van der Waals surface area (Å²) in [6, 6.07) is 9.17. The Morgan fingerprint density at radius 2 is 1.93 bits per heavy atom. The molecule has 1 aliphatic heterocycles. The zero-order chi connectivity index (χ0) is 21.9. The van der Waals surface area contributed by atoms with Crippen LogP contribution in [0.2, 0.25) is 0 Å². The van der Waals surface area contributed by atoms with E-state index in [1.807, 2.05) is 19.9 Å². The number of carbonyl (C=O) groups is 1. The molecule has 0 saturated carbocycles. The Kier molecular flexibility index (Phi) is 6.58. The van der Waals surface area contributed by atoms with Gasteiger partial charge in [0.05, 0.1) is 29.6 Å². The van der Waals surface area contributed by atoms with Gasteiger partial charge in [-0.1, -0.05) is 17.7 Å². The fourth-order valence-corrected chi connectivity index (χ4v) is 5.46. The first-order chi connectivity index (χ1) is 14.2. The van der Waals surface area contributed by atoms with Crippen LogP contribution in [0, 0.1) is 38.0 Å². The van der Waals surface area contributed by atoms with Gasteiger partial charge in [-0.3, -0.25) is 4.79 Å². The quantitative estimate of drug-likeness (QED) is 0.760. The molecule has 0 bridgehead atoms. The van der Waals surface area contributed by atoms with Crippen molar-refractivity contribution in [3.63, 3.8) is 0 Å². The fraction of sp³-hybridized carbons (Fsp3) is 0.476. The molecule has 1 fully saturated rings. The molecule has 1 amide bonds. The van der Waals surface area contributed by atoms with E-state index in [2.05, 4.69) is 16.5 Å². The lowest BCUT2D eigenvalue weighted by Gasteiger charge is -2.31. The summed E-state index contributed by atoms with van der Waals surface area (Å²) in [7, 11) is -3.57. The minimum atomic E-state index is -3.57. The highest BCUT2D eigenvalue weighted by Gasteiger charge is 2.33. The van der Waals surface area contributed by atoms with Crippen molar-refractivity contribution in [1.82, 2.24) is 14.1 Å². The molecule has 0 atom stereocenters. The summed E-state index contributed by atoms with van der Waals surface area (Å²) in [4.78, 5) is 13.1. The second-order valence-electron chi connectivity index (χ2n) is 7.74. The predicted octanol–water partition coefficient (Wildman–Crippen LogP) is 2.76. The van der Waals surface area contributed by atoms with Crippen LogP contribution in [0.5, 0.6) is 0 Å². The Bertz CT molecular complexity index is 1080. The first kappa shape index (κ1) is 22.0. The molecule has 0 radical (unpaired) electrons. The molecule has 3 rings (SSSR count). The molecule has 9 heteroatoms. The van der Waals surface area contributed by atoms with Crippen molar-refractivity contribution in [2.75, 3.05) is 18.4 Å². The van der Waals surface area contributed by atoms with Crippen LogP contribution >= 0.6 is 0 Å². The van der Waals surface area contributed by atoms with Crippen LogP contribution in [0.15, 0.2) is 29.2 Å². The Balaban J connectivity index is 1.64. The molecule has 0 aliphatic carbocycles. The third-order valence-electron chi connectivity index (χ3n) is 5.36. The molecule has 1 aliphatic rings. The SMILES string of the molecule is Cc1ccc(S(=O)(=O)N2CCC(C(=O)Nc3cc(C)nn3CCC#N)CC2)c(C)c1. The fourth-order valence-electron chi connectivity index (χ4n) is 3.79. The van der Waals surface area contributed by atoms with Gasteiger partial charge >= 0.3 is 0 Å². The smallest absolute Gasteiger partial charge is 0.243 e. The highest BCUT2D eigenvalue weighted by atomic mass is 32.2. The van der Waals surface area contributed by atoms with Crippen LogP contribution in [-0.2, 0) is 21.4 Å². The number of benzene rings is 1. The number of aryl methyl sites for hydroxylation is 4. The van der Waals surface area contributed by atoms with Crippen molar-refractivity contribution < 1.29 is 13.2 Å². The number of rotatable bonds is 6. The first-order valence-corrected chi connectivity index (χ1v) is 11.5. The van der Waals surface area contributed by atoms with Gasteiger partial charge in [-0.25, -0.2) is 13.1 Å². The zero-order valence-corrected chi connectivity index (χ0v) is 18.4. The third-order valence-corrected chi connectivity index (χ3v) is 7.42. The van der Waals surface area contributed by atoms with E-state index in [-0.39, 0.29) is 11.8 Å². The van der Waals surface area contributed by atoms with Gasteiger partial charge in [-0.15, -0.1) is 0 Å². The van der Waals surface area contributed by atoms with Crippen molar-refractivity contribution in [2.45, 2.75) is 51.5 Å². The molecule has 1 N–H and O–H groups in total. The lowest BCUT2D eigenvalue weighted by atomic mass is 9.97. The van der Waals surface area contributed by atoms with Crippen LogP contribution in [0.1, 0.15) is 36.1 Å². The highest BCUT2D eigenvalue weighted by Crippen LogP contribution is 2.27. The molecular weight excluding hydrogens is 402 g/mol. The molecule has 160 valence electrons. The van der Waals surface area contributed by atoms with Gasteiger partial charge in [0.25, 0.3) is 0 Å². The van der Waals surface area contributed by atoms with E-state index in [1.54, 1.807) is 29.8 Å². The van der Waals surface area contributed by atoms with E-state index in [0.29, 0.717) is 49.6 Å². The Hall–Kier alpha value is -2.70. The topological polar surface area (TPSA) is 108 Å². The molecule has 0 spiro atoms. The molecular formula is C21H27N5O3S. The van der Waals surface area contributed by atoms with Crippen LogP contribution in [0.25, 0.3) is 0 Å². The summed E-state index contributed by atoms with van der Waals surface area (Å²) in [5, 5.41) is 16.0. The third kappa shape index (κ3) is 4.71. The molecule has 8 nitrogen and oxygen atoms in total. The van der Waals surface area contributed by atoms with Gasteiger partial charge in [0.1, 0.15) is 5.82 Å². The number of nitriles is 1. The summed E-state index contributed by atoms with van der Waals surface area (Å²) < 4.78 is 29.1. The van der Waals surface area contributed by atoms with Crippen molar-refractivity contribution in [1.29, 1.82) is 5.26 Å². The van der Waals surface area contributed by atoms with E-state index in [0.717, 1.165) is 16.8 Å². The molecule has 1 aromatic carbocycles. The number of aromatic nitrogens is 2. The van der Waals surface area contributed by atoms with Crippen molar-refractivity contribution in [2.24, 2.45) is 5.92 Å². The Morgan fingerprint density at radius 1 is 1.23 bits per heavy atom. The number of hydrogen-bond donors (Lipinski definition) is 1. The normalized spacial score (nSPS) is 15.7. The maximum Gasteiger partial charge on any atom is 0.243 e. The number of nitrogens with zero attached hydrogens (tertiary/aromatic N) is 4. The number of hydrogen-bond acceptors (Lipinski definition) is 5. The molecule has 0 unspecified atom stereocenters. The first-order valence-electron chi connectivity index (χ1n) is 10.0.